The number of hydrogen-bond acceptors (Lipinski definition) is 4. The number of hydrogen-bond donors (Lipinski definition) is 1. The third-order valence-corrected chi connectivity index (χ3v) is 12.0. The molecule has 4 saturated carbocycles. The quantitative estimate of drug-likeness (QED) is 0.567. The van der Waals surface area contributed by atoms with Crippen molar-refractivity contribution in [2.75, 3.05) is 13.6 Å². The van der Waals surface area contributed by atoms with Gasteiger partial charge in [0.1, 0.15) is 11.9 Å². The number of carbonyl (C=O) groups is 2. The summed E-state index contributed by atoms with van der Waals surface area (Å²) in [6, 6.07) is 2.20. The standard InChI is InChI=1S/C30H44N2O2/c1-18-20-7-9-28(4)21-8-10-30(17-32-6)12-11-27(2,3)15-22(30)25(21)23(33)13-24(28)29(20,5)14-19(16-31)26(18)34/h14,18,20-22,24-25,32H,7-13,15,17H2,1-6H3. The van der Waals surface area contributed by atoms with Gasteiger partial charge in [-0.2, -0.15) is 5.26 Å². The van der Waals surface area contributed by atoms with Crippen molar-refractivity contribution >= 4 is 11.6 Å². The molecule has 0 spiro atoms. The van der Waals surface area contributed by atoms with E-state index in [4.69, 9.17) is 0 Å². The molecule has 4 nitrogen and oxygen atoms in total. The molecule has 1 N–H and O–H groups in total. The average molecular weight is 465 g/mol. The largest absolute Gasteiger partial charge is 0.319 e. The molecule has 0 amide bonds. The molecule has 4 heteroatoms. The van der Waals surface area contributed by atoms with E-state index in [9.17, 15) is 14.9 Å². The molecule has 5 aliphatic carbocycles. The molecule has 0 saturated heterocycles. The SMILES string of the molecule is CNCC12CCC3C(C(=O)CC4C5(C)C=C(C#N)C(=O)C(C)C5CCC34C)C1CC(C)(C)CC2. The first kappa shape index (κ1) is 24.2. The molecular formula is C30H44N2O2. The maximum atomic E-state index is 14.2. The maximum absolute atomic E-state index is 14.2. The van der Waals surface area contributed by atoms with Gasteiger partial charge >= 0.3 is 0 Å². The fourth-order valence-electron chi connectivity index (χ4n) is 10.3. The average Bonchev–Trinajstić information content (AvgIpc) is 2.78. The summed E-state index contributed by atoms with van der Waals surface area (Å²) in [4.78, 5) is 27.0. The molecule has 0 aliphatic heterocycles. The molecule has 186 valence electrons. The van der Waals surface area contributed by atoms with Crippen molar-refractivity contribution in [1.29, 1.82) is 5.26 Å². The zero-order chi connectivity index (χ0) is 24.7. The van der Waals surface area contributed by atoms with E-state index in [1.807, 2.05) is 13.0 Å². The highest BCUT2D eigenvalue weighted by atomic mass is 16.1. The summed E-state index contributed by atoms with van der Waals surface area (Å²) in [7, 11) is 2.07. The molecule has 0 heterocycles. The van der Waals surface area contributed by atoms with Crippen LogP contribution < -0.4 is 5.32 Å². The Hall–Kier alpha value is -1.47. The number of nitrogens with zero attached hydrogens (tertiary/aromatic N) is 1. The minimum Gasteiger partial charge on any atom is -0.319 e. The van der Waals surface area contributed by atoms with Crippen molar-refractivity contribution < 1.29 is 9.59 Å². The van der Waals surface area contributed by atoms with E-state index in [0.29, 0.717) is 35.0 Å². The van der Waals surface area contributed by atoms with Crippen molar-refractivity contribution in [1.82, 2.24) is 5.32 Å². The minimum atomic E-state index is -0.253. The van der Waals surface area contributed by atoms with E-state index >= 15 is 0 Å². The normalized spacial score (nSPS) is 49.6. The van der Waals surface area contributed by atoms with Crippen molar-refractivity contribution in [2.45, 2.75) is 86.0 Å². The number of Topliss-reactive ketones (excluding diaryl/α,β-unsaturated/α-hetero) is 2. The Morgan fingerprint density at radius 2 is 1.74 bits per heavy atom. The van der Waals surface area contributed by atoms with Gasteiger partial charge in [-0.1, -0.05) is 40.7 Å². The monoisotopic (exact) mass is 464 g/mol. The summed E-state index contributed by atoms with van der Waals surface area (Å²) in [6.45, 7) is 12.6. The summed E-state index contributed by atoms with van der Waals surface area (Å²) < 4.78 is 0. The summed E-state index contributed by atoms with van der Waals surface area (Å²) in [5, 5.41) is 13.2. The second kappa shape index (κ2) is 7.76. The maximum Gasteiger partial charge on any atom is 0.176 e. The van der Waals surface area contributed by atoms with Crippen LogP contribution in [0.25, 0.3) is 0 Å². The smallest absolute Gasteiger partial charge is 0.176 e. The van der Waals surface area contributed by atoms with Crippen LogP contribution in [0, 0.1) is 68.5 Å². The second-order valence-electron chi connectivity index (χ2n) is 14.1. The third kappa shape index (κ3) is 3.18. The Morgan fingerprint density at radius 1 is 1.03 bits per heavy atom. The Bertz CT molecular complexity index is 975. The molecule has 9 atom stereocenters. The molecule has 0 aromatic carbocycles. The van der Waals surface area contributed by atoms with Crippen LogP contribution in [0.5, 0.6) is 0 Å². The fraction of sp³-hybridized carbons (Fsp3) is 0.833. The molecule has 34 heavy (non-hydrogen) atoms. The van der Waals surface area contributed by atoms with Gasteiger partial charge in [0.25, 0.3) is 0 Å². The van der Waals surface area contributed by atoms with Crippen molar-refractivity contribution in [3.05, 3.63) is 11.6 Å². The number of fused-ring (bicyclic) bond motifs is 7. The number of carbonyl (C=O) groups excluding carboxylic acids is 2. The third-order valence-electron chi connectivity index (χ3n) is 12.0. The van der Waals surface area contributed by atoms with E-state index in [-0.39, 0.29) is 45.7 Å². The molecule has 4 fully saturated rings. The van der Waals surface area contributed by atoms with Gasteiger partial charge in [-0.15, -0.1) is 0 Å². The Labute approximate surface area is 206 Å². The predicted octanol–water partition coefficient (Wildman–Crippen LogP) is 5.73. The molecule has 0 bridgehead atoms. The number of ketones is 2. The highest BCUT2D eigenvalue weighted by molar-refractivity contribution is 6.01. The molecular weight excluding hydrogens is 420 g/mol. The van der Waals surface area contributed by atoms with Gasteiger partial charge < -0.3 is 5.32 Å². The van der Waals surface area contributed by atoms with Gasteiger partial charge in [0.05, 0.1) is 5.57 Å². The molecule has 0 aromatic heterocycles. The van der Waals surface area contributed by atoms with Crippen LogP contribution >= 0.6 is 0 Å². The lowest BCUT2D eigenvalue weighted by molar-refractivity contribution is -0.185. The van der Waals surface area contributed by atoms with Gasteiger partial charge in [0.15, 0.2) is 5.78 Å². The zero-order valence-electron chi connectivity index (χ0n) is 22.2. The van der Waals surface area contributed by atoms with Crippen molar-refractivity contribution in [3.8, 4) is 6.07 Å². The van der Waals surface area contributed by atoms with Gasteiger partial charge in [-0.05, 0) is 97.3 Å². The first-order valence-corrected chi connectivity index (χ1v) is 13.8. The minimum absolute atomic E-state index is 0.00698. The van der Waals surface area contributed by atoms with Crippen LogP contribution in [0.1, 0.15) is 86.0 Å². The molecule has 0 aromatic rings. The first-order chi connectivity index (χ1) is 15.9. The molecule has 0 radical (unpaired) electrons. The van der Waals surface area contributed by atoms with Crippen molar-refractivity contribution in [3.63, 3.8) is 0 Å². The lowest BCUT2D eigenvalue weighted by atomic mass is 9.36. The lowest BCUT2D eigenvalue weighted by Crippen LogP contribution is -2.64. The number of allylic oxidation sites excluding steroid dienone is 2. The highest BCUT2D eigenvalue weighted by Crippen LogP contribution is 2.70. The summed E-state index contributed by atoms with van der Waals surface area (Å²) >= 11 is 0. The molecule has 5 rings (SSSR count). The lowest BCUT2D eigenvalue weighted by Gasteiger charge is -2.67. The number of rotatable bonds is 2. The van der Waals surface area contributed by atoms with Gasteiger partial charge in [0.2, 0.25) is 0 Å². The van der Waals surface area contributed by atoms with Crippen LogP contribution in [-0.2, 0) is 9.59 Å². The van der Waals surface area contributed by atoms with Crippen LogP contribution in [0.2, 0.25) is 0 Å². The fourth-order valence-corrected chi connectivity index (χ4v) is 10.3. The van der Waals surface area contributed by atoms with Gasteiger partial charge in [-0.3, -0.25) is 9.59 Å². The topological polar surface area (TPSA) is 70.0 Å². The second-order valence-corrected chi connectivity index (χ2v) is 14.1. The van der Waals surface area contributed by atoms with Crippen LogP contribution in [0.3, 0.4) is 0 Å². The zero-order valence-corrected chi connectivity index (χ0v) is 22.2. The summed E-state index contributed by atoms with van der Waals surface area (Å²) in [5.41, 5.74) is 0.724. The van der Waals surface area contributed by atoms with E-state index < -0.39 is 0 Å². The first-order valence-electron chi connectivity index (χ1n) is 13.8. The Morgan fingerprint density at radius 3 is 2.41 bits per heavy atom. The van der Waals surface area contributed by atoms with Crippen LogP contribution in [0.4, 0.5) is 0 Å². The van der Waals surface area contributed by atoms with Crippen molar-refractivity contribution in [2.24, 2.45) is 57.2 Å². The van der Waals surface area contributed by atoms with E-state index in [1.165, 1.54) is 19.3 Å². The van der Waals surface area contributed by atoms with E-state index in [2.05, 4.69) is 46.1 Å². The Balaban J connectivity index is 1.56. The summed E-state index contributed by atoms with van der Waals surface area (Å²) in [6.07, 6.45) is 10.8. The number of nitrogens with one attached hydrogen (secondary N) is 1. The molecule has 9 unspecified atom stereocenters. The van der Waals surface area contributed by atoms with Gasteiger partial charge in [0, 0.05) is 24.8 Å². The highest BCUT2D eigenvalue weighted by Gasteiger charge is 2.66. The van der Waals surface area contributed by atoms with E-state index in [1.54, 1.807) is 0 Å². The predicted molar refractivity (Wildman–Crippen MR) is 134 cm³/mol. The number of nitriles is 1. The Kier molecular flexibility index (Phi) is 5.53. The summed E-state index contributed by atoms with van der Waals surface area (Å²) in [5.74, 6) is 1.88. The van der Waals surface area contributed by atoms with Crippen LogP contribution in [0.15, 0.2) is 11.6 Å². The van der Waals surface area contributed by atoms with E-state index in [0.717, 1.165) is 32.2 Å². The van der Waals surface area contributed by atoms with Gasteiger partial charge in [-0.25, -0.2) is 0 Å². The van der Waals surface area contributed by atoms with Crippen LogP contribution in [-0.4, -0.2) is 25.2 Å². The molecule has 5 aliphatic rings.